The molecule has 10 nitrogen and oxygen atoms in total. The first-order valence-electron chi connectivity index (χ1n) is 14.5. The summed E-state index contributed by atoms with van der Waals surface area (Å²) in [6.07, 6.45) is 4.68. The Morgan fingerprint density at radius 2 is 1.76 bits per heavy atom. The van der Waals surface area contributed by atoms with Gasteiger partial charge in [-0.2, -0.15) is 5.10 Å². The van der Waals surface area contributed by atoms with Crippen LogP contribution in [-0.2, 0) is 4.79 Å². The Morgan fingerprint density at radius 3 is 2.53 bits per heavy atom. The number of fused-ring (bicyclic) bond motifs is 2. The van der Waals surface area contributed by atoms with Crippen molar-refractivity contribution >= 4 is 39.2 Å². The molecular formula is C33H33F2N9O. The molecule has 6 rings (SSSR count). The van der Waals surface area contributed by atoms with Crippen molar-refractivity contribution < 1.29 is 13.6 Å². The van der Waals surface area contributed by atoms with Gasteiger partial charge in [0.2, 0.25) is 5.91 Å². The summed E-state index contributed by atoms with van der Waals surface area (Å²) < 4.78 is 31.0. The number of aromatic nitrogens is 6. The first kappa shape index (κ1) is 29.8. The van der Waals surface area contributed by atoms with Crippen LogP contribution >= 0.6 is 0 Å². The van der Waals surface area contributed by atoms with Crippen molar-refractivity contribution in [2.75, 3.05) is 37.8 Å². The van der Waals surface area contributed by atoms with E-state index in [9.17, 15) is 9.18 Å². The van der Waals surface area contributed by atoms with Crippen LogP contribution < -0.4 is 10.6 Å². The second-order valence-corrected chi connectivity index (χ2v) is 12.2. The molecule has 0 unspecified atom stereocenters. The maximum absolute atomic E-state index is 16.3. The van der Waals surface area contributed by atoms with Crippen LogP contribution in [0.15, 0.2) is 61.1 Å². The molecule has 0 aliphatic carbocycles. The monoisotopic (exact) mass is 609 g/mol. The number of anilines is 2. The van der Waals surface area contributed by atoms with Crippen LogP contribution in [0.1, 0.15) is 20.8 Å². The number of hydrogen-bond acceptors (Lipinski definition) is 7. The van der Waals surface area contributed by atoms with E-state index in [0.29, 0.717) is 57.1 Å². The first-order chi connectivity index (χ1) is 21.5. The predicted molar refractivity (Wildman–Crippen MR) is 173 cm³/mol. The number of H-pyrrole nitrogens is 2. The summed E-state index contributed by atoms with van der Waals surface area (Å²) in [7, 11) is 3.94. The number of likely N-dealkylation sites (N-methyl/N-ethyl adjacent to an activating group) is 1. The van der Waals surface area contributed by atoms with Gasteiger partial charge in [0, 0.05) is 53.3 Å². The van der Waals surface area contributed by atoms with Gasteiger partial charge in [-0.25, -0.2) is 13.8 Å². The van der Waals surface area contributed by atoms with Crippen molar-refractivity contribution in [2.45, 2.75) is 20.8 Å². The number of pyridine rings is 2. The van der Waals surface area contributed by atoms with Gasteiger partial charge in [0.15, 0.2) is 5.82 Å². The Hall–Kier alpha value is -5.23. The van der Waals surface area contributed by atoms with Crippen molar-refractivity contribution in [2.24, 2.45) is 5.41 Å². The van der Waals surface area contributed by atoms with E-state index in [2.05, 4.69) is 35.8 Å². The lowest BCUT2D eigenvalue weighted by atomic mass is 9.95. The molecule has 1 amide bonds. The Morgan fingerprint density at radius 1 is 0.956 bits per heavy atom. The number of amides is 1. The van der Waals surface area contributed by atoms with E-state index in [1.54, 1.807) is 36.7 Å². The maximum atomic E-state index is 16.3. The summed E-state index contributed by atoms with van der Waals surface area (Å²) in [6, 6.07) is 11.5. The molecule has 6 aromatic rings. The van der Waals surface area contributed by atoms with Gasteiger partial charge in [0.05, 0.1) is 34.0 Å². The zero-order valence-electron chi connectivity index (χ0n) is 25.6. The SMILES string of the molecule is CN(C)CCNc1cc(F)cc(-c2nccc3[nH]c(-c4n[nH]c5ccc(-c6cncc(NC(=O)C(C)(C)C)c6)c(F)c45)nc23)c1. The number of nitrogens with one attached hydrogen (secondary N) is 4. The smallest absolute Gasteiger partial charge is 0.229 e. The molecule has 0 bridgehead atoms. The van der Waals surface area contributed by atoms with Gasteiger partial charge in [-0.1, -0.05) is 20.8 Å². The largest absolute Gasteiger partial charge is 0.384 e. The highest BCUT2D eigenvalue weighted by atomic mass is 19.1. The molecule has 0 saturated carbocycles. The summed E-state index contributed by atoms with van der Waals surface area (Å²) in [5, 5.41) is 13.6. The lowest BCUT2D eigenvalue weighted by Crippen LogP contribution is -2.27. The number of carbonyl (C=O) groups is 1. The number of nitrogens with zero attached hydrogens (tertiary/aromatic N) is 5. The fraction of sp³-hybridized carbons (Fsp3) is 0.242. The zero-order chi connectivity index (χ0) is 31.9. The second-order valence-electron chi connectivity index (χ2n) is 12.2. The fourth-order valence-corrected chi connectivity index (χ4v) is 4.95. The Balaban J connectivity index is 1.38. The van der Waals surface area contributed by atoms with E-state index in [4.69, 9.17) is 4.98 Å². The molecule has 4 N–H and O–H groups in total. The van der Waals surface area contributed by atoms with E-state index in [-0.39, 0.29) is 22.6 Å². The van der Waals surface area contributed by atoms with E-state index < -0.39 is 17.0 Å². The second kappa shape index (κ2) is 11.7. The predicted octanol–water partition coefficient (Wildman–Crippen LogP) is 6.47. The van der Waals surface area contributed by atoms with Crippen molar-refractivity contribution in [1.82, 2.24) is 35.0 Å². The number of imidazole rings is 1. The van der Waals surface area contributed by atoms with Gasteiger partial charge in [0.25, 0.3) is 0 Å². The van der Waals surface area contributed by atoms with Crippen LogP contribution in [0.3, 0.4) is 0 Å². The molecule has 0 aliphatic rings. The van der Waals surface area contributed by atoms with Crippen LogP contribution in [0.25, 0.3) is 55.8 Å². The molecule has 4 heterocycles. The number of rotatable bonds is 8. The van der Waals surface area contributed by atoms with Gasteiger partial charge in [-0.05, 0) is 56.6 Å². The van der Waals surface area contributed by atoms with E-state index >= 15 is 4.39 Å². The van der Waals surface area contributed by atoms with Gasteiger partial charge in [-0.15, -0.1) is 0 Å². The molecule has 0 atom stereocenters. The lowest BCUT2D eigenvalue weighted by molar-refractivity contribution is -0.123. The quantitative estimate of drug-likeness (QED) is 0.156. The van der Waals surface area contributed by atoms with E-state index in [1.165, 1.54) is 18.3 Å². The fourth-order valence-electron chi connectivity index (χ4n) is 4.95. The minimum atomic E-state index is -0.604. The van der Waals surface area contributed by atoms with Gasteiger partial charge < -0.3 is 20.5 Å². The number of aromatic amines is 2. The summed E-state index contributed by atoms with van der Waals surface area (Å²) in [5.74, 6) is -0.775. The maximum Gasteiger partial charge on any atom is 0.229 e. The van der Waals surface area contributed by atoms with Gasteiger partial charge in [-0.3, -0.25) is 19.9 Å². The molecule has 0 fully saturated rings. The summed E-state index contributed by atoms with van der Waals surface area (Å²) in [6.45, 7) is 6.86. The number of halogens is 2. The third-order valence-electron chi connectivity index (χ3n) is 7.34. The Kier molecular flexibility index (Phi) is 7.75. The molecular weight excluding hydrogens is 576 g/mol. The van der Waals surface area contributed by atoms with Crippen molar-refractivity contribution in [3.63, 3.8) is 0 Å². The Labute approximate surface area is 258 Å². The van der Waals surface area contributed by atoms with Crippen LogP contribution in [0, 0.1) is 17.0 Å². The number of benzene rings is 2. The number of carbonyl (C=O) groups excluding carboxylic acids is 1. The highest BCUT2D eigenvalue weighted by Gasteiger charge is 2.23. The third kappa shape index (κ3) is 6.09. The first-order valence-corrected chi connectivity index (χ1v) is 14.5. The van der Waals surface area contributed by atoms with E-state index in [0.717, 1.165) is 6.54 Å². The molecule has 230 valence electrons. The summed E-state index contributed by atoms with van der Waals surface area (Å²) in [5.41, 5.74) is 4.20. The molecule has 0 saturated heterocycles. The minimum Gasteiger partial charge on any atom is -0.384 e. The molecule has 0 aliphatic heterocycles. The highest BCUT2D eigenvalue weighted by Crippen LogP contribution is 2.36. The lowest BCUT2D eigenvalue weighted by Gasteiger charge is -2.17. The average molecular weight is 610 g/mol. The molecule has 12 heteroatoms. The van der Waals surface area contributed by atoms with Crippen molar-refractivity contribution in [3.05, 3.63) is 72.7 Å². The topological polar surface area (TPSA) is 128 Å². The molecule has 0 radical (unpaired) electrons. The molecule has 4 aromatic heterocycles. The Bertz CT molecular complexity index is 2040. The highest BCUT2D eigenvalue weighted by molar-refractivity contribution is 5.99. The molecule has 2 aromatic carbocycles. The number of hydrogen-bond donors (Lipinski definition) is 4. The third-order valence-corrected chi connectivity index (χ3v) is 7.34. The average Bonchev–Trinajstić information content (AvgIpc) is 3.61. The van der Waals surface area contributed by atoms with Crippen LogP contribution in [0.5, 0.6) is 0 Å². The van der Waals surface area contributed by atoms with Gasteiger partial charge >= 0.3 is 0 Å². The van der Waals surface area contributed by atoms with E-state index in [1.807, 2.05) is 45.8 Å². The van der Waals surface area contributed by atoms with Crippen LogP contribution in [0.2, 0.25) is 0 Å². The minimum absolute atomic E-state index is 0.178. The summed E-state index contributed by atoms with van der Waals surface area (Å²) >= 11 is 0. The van der Waals surface area contributed by atoms with Crippen LogP contribution in [-0.4, -0.2) is 68.1 Å². The summed E-state index contributed by atoms with van der Waals surface area (Å²) in [4.78, 5) is 31.3. The zero-order valence-corrected chi connectivity index (χ0v) is 25.6. The van der Waals surface area contributed by atoms with Crippen molar-refractivity contribution in [3.8, 4) is 33.9 Å². The molecule has 0 spiro atoms. The van der Waals surface area contributed by atoms with Crippen LogP contribution in [0.4, 0.5) is 20.2 Å². The van der Waals surface area contributed by atoms with Crippen molar-refractivity contribution in [1.29, 1.82) is 0 Å². The van der Waals surface area contributed by atoms with Gasteiger partial charge in [0.1, 0.15) is 22.8 Å². The molecule has 45 heavy (non-hydrogen) atoms. The normalized spacial score (nSPS) is 11.9. The standard InChI is InChI=1S/C33H33F2N9O/c1-33(2,3)32(45)39-22-14-19(16-36-17-22)23-6-7-24-26(27(23)35)30(43-42-24)31-40-25-8-9-38-28(29(25)41-31)18-12-20(34)15-21(13-18)37-10-11-44(4)5/h6-9,12-17,37H,10-11H2,1-5H3,(H,39,45)(H,40,41)(H,42,43).